The Hall–Kier alpha value is -1.36. The third-order valence-corrected chi connectivity index (χ3v) is 6.89. The van der Waals surface area contributed by atoms with Crippen molar-refractivity contribution in [1.82, 2.24) is 19.6 Å². The zero-order valence-electron chi connectivity index (χ0n) is 15.2. The minimum Gasteiger partial charge on any atom is -0.343 e. The number of carbonyl (C=O) groups excluding carboxylic acids is 1. The molecule has 2 saturated carbocycles. The molecule has 5 nitrogen and oxygen atoms in total. The van der Waals surface area contributed by atoms with Gasteiger partial charge in [-0.1, -0.05) is 0 Å². The maximum Gasteiger partial charge on any atom is 0.226 e. The second-order valence-electron chi connectivity index (χ2n) is 8.42. The van der Waals surface area contributed by atoms with E-state index < -0.39 is 0 Å². The van der Waals surface area contributed by atoms with Crippen molar-refractivity contribution in [2.45, 2.75) is 57.2 Å². The van der Waals surface area contributed by atoms with Crippen molar-refractivity contribution in [2.75, 3.05) is 21.1 Å². The maximum atomic E-state index is 13.0. The van der Waals surface area contributed by atoms with Crippen LogP contribution in [0, 0.1) is 17.8 Å². The second kappa shape index (κ2) is 6.17. The molecule has 3 aliphatic rings. The predicted molar refractivity (Wildman–Crippen MR) is 93.5 cm³/mol. The SMILES string of the molecule is CN(C)C1C[C@@H]2CC(N(C)C(=O)C3CCn4nccc4C3)C[C@@H]2C1. The zero-order valence-corrected chi connectivity index (χ0v) is 15.2. The average molecular weight is 330 g/mol. The highest BCUT2D eigenvalue weighted by Gasteiger charge is 2.44. The van der Waals surface area contributed by atoms with Gasteiger partial charge in [0, 0.05) is 49.9 Å². The molecule has 1 aromatic heterocycles. The van der Waals surface area contributed by atoms with Crippen LogP contribution in [0.15, 0.2) is 12.3 Å². The summed E-state index contributed by atoms with van der Waals surface area (Å²) in [4.78, 5) is 17.5. The number of carbonyl (C=O) groups is 1. The van der Waals surface area contributed by atoms with Crippen LogP contribution in [-0.4, -0.2) is 58.7 Å². The van der Waals surface area contributed by atoms with Gasteiger partial charge in [0.15, 0.2) is 0 Å². The van der Waals surface area contributed by atoms with Gasteiger partial charge in [-0.25, -0.2) is 0 Å². The molecule has 3 unspecified atom stereocenters. The monoisotopic (exact) mass is 330 g/mol. The van der Waals surface area contributed by atoms with E-state index in [0.717, 1.165) is 37.3 Å². The van der Waals surface area contributed by atoms with Gasteiger partial charge in [0.1, 0.15) is 0 Å². The molecule has 24 heavy (non-hydrogen) atoms. The number of aromatic nitrogens is 2. The van der Waals surface area contributed by atoms with E-state index in [1.165, 1.54) is 31.4 Å². The summed E-state index contributed by atoms with van der Waals surface area (Å²) >= 11 is 0. The first-order valence-corrected chi connectivity index (χ1v) is 9.46. The Morgan fingerprint density at radius 3 is 2.46 bits per heavy atom. The van der Waals surface area contributed by atoms with Crippen LogP contribution in [0.1, 0.15) is 37.8 Å². The van der Waals surface area contributed by atoms with Crippen LogP contribution in [0.5, 0.6) is 0 Å². The molecule has 1 aromatic rings. The average Bonchev–Trinajstić information content (AvgIpc) is 3.25. The van der Waals surface area contributed by atoms with Crippen molar-refractivity contribution in [2.24, 2.45) is 17.8 Å². The number of fused-ring (bicyclic) bond motifs is 2. The number of rotatable bonds is 3. The fraction of sp³-hybridized carbons (Fsp3) is 0.789. The van der Waals surface area contributed by atoms with Crippen LogP contribution in [0.25, 0.3) is 0 Å². The van der Waals surface area contributed by atoms with Gasteiger partial charge < -0.3 is 9.80 Å². The van der Waals surface area contributed by atoms with Crippen LogP contribution >= 0.6 is 0 Å². The van der Waals surface area contributed by atoms with Crippen molar-refractivity contribution in [3.05, 3.63) is 18.0 Å². The Balaban J connectivity index is 1.36. The van der Waals surface area contributed by atoms with Crippen LogP contribution in [0.2, 0.25) is 0 Å². The highest BCUT2D eigenvalue weighted by molar-refractivity contribution is 5.79. The van der Waals surface area contributed by atoms with Crippen LogP contribution < -0.4 is 0 Å². The topological polar surface area (TPSA) is 41.4 Å². The molecule has 0 aromatic carbocycles. The highest BCUT2D eigenvalue weighted by Crippen LogP contribution is 2.46. The summed E-state index contributed by atoms with van der Waals surface area (Å²) in [6, 6.07) is 3.27. The Labute approximate surface area is 145 Å². The molecule has 2 fully saturated rings. The van der Waals surface area contributed by atoms with Gasteiger partial charge in [-0.2, -0.15) is 5.10 Å². The number of nitrogens with zero attached hydrogens (tertiary/aromatic N) is 4. The lowest BCUT2D eigenvalue weighted by molar-refractivity contribution is -0.137. The first kappa shape index (κ1) is 16.1. The summed E-state index contributed by atoms with van der Waals surface area (Å²) in [5.74, 6) is 2.15. The van der Waals surface area contributed by atoms with Crippen molar-refractivity contribution in [1.29, 1.82) is 0 Å². The largest absolute Gasteiger partial charge is 0.343 e. The van der Waals surface area contributed by atoms with Gasteiger partial charge in [-0.05, 0) is 64.1 Å². The standard InChI is InChI=1S/C19H30N4O/c1-21(2)17-9-14-11-18(12-15(14)10-17)22(3)19(24)13-5-7-23-16(8-13)4-6-20-23/h4,6,13-15,17-18H,5,7-12H2,1-3H3/t13?,14-,15+,17?,18?. The fourth-order valence-corrected chi connectivity index (χ4v) is 5.34. The Kier molecular flexibility index (Phi) is 4.15. The molecule has 0 spiro atoms. The van der Waals surface area contributed by atoms with Gasteiger partial charge >= 0.3 is 0 Å². The molecular weight excluding hydrogens is 300 g/mol. The molecule has 0 bridgehead atoms. The van der Waals surface area contributed by atoms with E-state index in [1.807, 2.05) is 17.9 Å². The minimum atomic E-state index is 0.147. The summed E-state index contributed by atoms with van der Waals surface area (Å²) < 4.78 is 2.05. The number of hydrogen-bond donors (Lipinski definition) is 0. The van der Waals surface area contributed by atoms with Crippen LogP contribution in [-0.2, 0) is 17.8 Å². The Morgan fingerprint density at radius 1 is 1.12 bits per heavy atom. The minimum absolute atomic E-state index is 0.147. The Bertz CT molecular complexity index is 596. The van der Waals surface area contributed by atoms with Crippen LogP contribution in [0.4, 0.5) is 0 Å². The normalized spacial score (nSPS) is 35.1. The first-order chi connectivity index (χ1) is 11.5. The molecule has 2 heterocycles. The molecule has 132 valence electrons. The lowest BCUT2D eigenvalue weighted by Crippen LogP contribution is -2.42. The van der Waals surface area contributed by atoms with Gasteiger partial charge in [0.2, 0.25) is 5.91 Å². The zero-order chi connectivity index (χ0) is 16.8. The predicted octanol–water partition coefficient (Wildman–Crippen LogP) is 2.02. The van der Waals surface area contributed by atoms with Crippen molar-refractivity contribution in [3.8, 4) is 0 Å². The molecule has 5 heteroatoms. The third kappa shape index (κ3) is 2.77. The van der Waals surface area contributed by atoms with Crippen molar-refractivity contribution >= 4 is 5.91 Å². The summed E-state index contributed by atoms with van der Waals surface area (Å²) in [5, 5.41) is 4.32. The summed E-state index contributed by atoms with van der Waals surface area (Å²) in [7, 11) is 6.45. The number of hydrogen-bond acceptors (Lipinski definition) is 3. The summed E-state index contributed by atoms with van der Waals surface area (Å²) in [6.07, 6.45) is 8.69. The number of amides is 1. The van der Waals surface area contributed by atoms with Crippen LogP contribution in [0.3, 0.4) is 0 Å². The molecule has 2 aliphatic carbocycles. The van der Waals surface area contributed by atoms with Gasteiger partial charge in [-0.3, -0.25) is 9.48 Å². The van der Waals surface area contributed by atoms with Gasteiger partial charge in [0.05, 0.1) is 0 Å². The smallest absolute Gasteiger partial charge is 0.226 e. The summed E-state index contributed by atoms with van der Waals surface area (Å²) in [5.41, 5.74) is 1.21. The molecule has 1 amide bonds. The van der Waals surface area contributed by atoms with E-state index in [1.54, 1.807) is 0 Å². The molecule has 5 atom stereocenters. The van der Waals surface area contributed by atoms with E-state index in [0.29, 0.717) is 11.9 Å². The fourth-order valence-electron chi connectivity index (χ4n) is 5.34. The van der Waals surface area contributed by atoms with E-state index in [4.69, 9.17) is 0 Å². The molecule has 1 aliphatic heterocycles. The molecule has 0 saturated heterocycles. The van der Waals surface area contributed by atoms with Gasteiger partial charge in [0.25, 0.3) is 0 Å². The molecule has 0 radical (unpaired) electrons. The molecular formula is C19H30N4O. The van der Waals surface area contributed by atoms with Gasteiger partial charge in [-0.15, -0.1) is 0 Å². The maximum absolute atomic E-state index is 13.0. The van der Waals surface area contributed by atoms with E-state index in [2.05, 4.69) is 35.1 Å². The summed E-state index contributed by atoms with van der Waals surface area (Å²) in [6.45, 7) is 0.882. The third-order valence-electron chi connectivity index (χ3n) is 6.89. The molecule has 4 rings (SSSR count). The van der Waals surface area contributed by atoms with E-state index in [-0.39, 0.29) is 5.92 Å². The lowest BCUT2D eigenvalue weighted by Gasteiger charge is -2.32. The second-order valence-corrected chi connectivity index (χ2v) is 8.42. The Morgan fingerprint density at radius 2 is 1.79 bits per heavy atom. The van der Waals surface area contributed by atoms with Crippen molar-refractivity contribution < 1.29 is 4.79 Å². The number of aryl methyl sites for hydroxylation is 1. The lowest BCUT2D eigenvalue weighted by atomic mass is 9.94. The quantitative estimate of drug-likeness (QED) is 0.851. The van der Waals surface area contributed by atoms with E-state index in [9.17, 15) is 4.79 Å². The first-order valence-electron chi connectivity index (χ1n) is 9.46. The van der Waals surface area contributed by atoms with Crippen molar-refractivity contribution in [3.63, 3.8) is 0 Å². The highest BCUT2D eigenvalue weighted by atomic mass is 16.2. The molecule has 0 N–H and O–H groups in total. The van der Waals surface area contributed by atoms with E-state index >= 15 is 0 Å².